The minimum absolute atomic E-state index is 0.0799. The fraction of sp³-hybridized carbons (Fsp3) is 0.312. The molecule has 0 bridgehead atoms. The standard InChI is InChI=1S/C16H19N3O/c1-12(2)8-16(20)19-10-13-5-6-15(18-9-13)14-4-3-7-17-11-14/h3-7,9,11-12H,8,10H2,1-2H3,(H,19,20). The molecule has 0 saturated heterocycles. The molecule has 1 amide bonds. The van der Waals surface area contributed by atoms with Crippen LogP contribution in [0.25, 0.3) is 11.3 Å². The Labute approximate surface area is 119 Å². The lowest BCUT2D eigenvalue weighted by Gasteiger charge is -2.07. The summed E-state index contributed by atoms with van der Waals surface area (Å²) in [6, 6.07) is 7.78. The van der Waals surface area contributed by atoms with Crippen LogP contribution >= 0.6 is 0 Å². The van der Waals surface area contributed by atoms with E-state index in [9.17, 15) is 4.79 Å². The lowest BCUT2D eigenvalue weighted by Crippen LogP contribution is -2.23. The molecule has 0 aliphatic rings. The number of carbonyl (C=O) groups excluding carboxylic acids is 1. The molecule has 0 spiro atoms. The van der Waals surface area contributed by atoms with Gasteiger partial charge in [-0.2, -0.15) is 0 Å². The second-order valence-corrected chi connectivity index (χ2v) is 5.17. The maximum absolute atomic E-state index is 11.6. The van der Waals surface area contributed by atoms with Crippen molar-refractivity contribution in [2.24, 2.45) is 5.92 Å². The number of nitrogens with zero attached hydrogens (tertiary/aromatic N) is 2. The van der Waals surface area contributed by atoms with Gasteiger partial charge in [-0.15, -0.1) is 0 Å². The molecule has 2 heterocycles. The van der Waals surface area contributed by atoms with Crippen molar-refractivity contribution in [1.29, 1.82) is 0 Å². The average molecular weight is 269 g/mol. The van der Waals surface area contributed by atoms with Crippen molar-refractivity contribution in [3.63, 3.8) is 0 Å². The molecule has 0 aromatic carbocycles. The molecule has 2 rings (SSSR count). The Morgan fingerprint density at radius 3 is 2.70 bits per heavy atom. The lowest BCUT2D eigenvalue weighted by atomic mass is 10.1. The van der Waals surface area contributed by atoms with E-state index in [-0.39, 0.29) is 5.91 Å². The SMILES string of the molecule is CC(C)CC(=O)NCc1ccc(-c2cccnc2)nc1. The highest BCUT2D eigenvalue weighted by Crippen LogP contribution is 2.15. The van der Waals surface area contributed by atoms with E-state index in [1.807, 2.05) is 38.1 Å². The third-order valence-electron chi connectivity index (χ3n) is 2.87. The van der Waals surface area contributed by atoms with Gasteiger partial charge in [-0.3, -0.25) is 14.8 Å². The van der Waals surface area contributed by atoms with E-state index < -0.39 is 0 Å². The van der Waals surface area contributed by atoms with Crippen LogP contribution in [0, 0.1) is 5.92 Å². The molecule has 4 heteroatoms. The molecular formula is C16H19N3O. The fourth-order valence-corrected chi connectivity index (χ4v) is 1.86. The molecule has 0 atom stereocenters. The summed E-state index contributed by atoms with van der Waals surface area (Å²) >= 11 is 0. The molecule has 0 unspecified atom stereocenters. The van der Waals surface area contributed by atoms with Gasteiger partial charge in [-0.1, -0.05) is 19.9 Å². The molecule has 0 aliphatic heterocycles. The van der Waals surface area contributed by atoms with Crippen molar-refractivity contribution >= 4 is 5.91 Å². The first kappa shape index (κ1) is 14.2. The van der Waals surface area contributed by atoms with Crippen LogP contribution in [-0.4, -0.2) is 15.9 Å². The molecule has 2 aromatic heterocycles. The molecule has 0 saturated carbocycles. The van der Waals surface area contributed by atoms with E-state index in [4.69, 9.17) is 0 Å². The third-order valence-corrected chi connectivity index (χ3v) is 2.87. The predicted octanol–water partition coefficient (Wildman–Crippen LogP) is 2.81. The Kier molecular flexibility index (Phi) is 4.82. The van der Waals surface area contributed by atoms with Crippen LogP contribution in [0.3, 0.4) is 0 Å². The van der Waals surface area contributed by atoms with Crippen molar-refractivity contribution in [3.8, 4) is 11.3 Å². The van der Waals surface area contributed by atoms with Crippen LogP contribution < -0.4 is 5.32 Å². The average Bonchev–Trinajstić information content (AvgIpc) is 2.46. The van der Waals surface area contributed by atoms with Gasteiger partial charge in [0.2, 0.25) is 5.91 Å². The minimum Gasteiger partial charge on any atom is -0.352 e. The maximum atomic E-state index is 11.6. The second-order valence-electron chi connectivity index (χ2n) is 5.17. The summed E-state index contributed by atoms with van der Waals surface area (Å²) in [5.41, 5.74) is 2.87. The van der Waals surface area contributed by atoms with Gasteiger partial charge in [-0.25, -0.2) is 0 Å². The van der Waals surface area contributed by atoms with E-state index in [1.165, 1.54) is 0 Å². The van der Waals surface area contributed by atoms with Gasteiger partial charge >= 0.3 is 0 Å². The largest absolute Gasteiger partial charge is 0.352 e. The number of rotatable bonds is 5. The smallest absolute Gasteiger partial charge is 0.220 e. The van der Waals surface area contributed by atoms with Crippen LogP contribution in [0.4, 0.5) is 0 Å². The summed E-state index contributed by atoms with van der Waals surface area (Å²) in [5.74, 6) is 0.456. The van der Waals surface area contributed by atoms with Gasteiger partial charge in [-0.05, 0) is 29.7 Å². The molecule has 0 aliphatic carbocycles. The van der Waals surface area contributed by atoms with Gasteiger partial charge in [0, 0.05) is 37.1 Å². The Balaban J connectivity index is 1.94. The first-order valence-electron chi connectivity index (χ1n) is 6.77. The summed E-state index contributed by atoms with van der Waals surface area (Å²) in [6.45, 7) is 4.58. The topological polar surface area (TPSA) is 54.9 Å². The molecule has 4 nitrogen and oxygen atoms in total. The third kappa shape index (κ3) is 4.16. The minimum atomic E-state index is 0.0799. The summed E-state index contributed by atoms with van der Waals surface area (Å²) in [6.07, 6.45) is 5.87. The number of pyridine rings is 2. The molecule has 1 N–H and O–H groups in total. The number of hydrogen-bond donors (Lipinski definition) is 1. The Morgan fingerprint density at radius 2 is 2.10 bits per heavy atom. The van der Waals surface area contributed by atoms with Gasteiger partial charge in [0.25, 0.3) is 0 Å². The highest BCUT2D eigenvalue weighted by Gasteiger charge is 2.05. The first-order valence-corrected chi connectivity index (χ1v) is 6.77. The number of aromatic nitrogens is 2. The number of nitrogens with one attached hydrogen (secondary N) is 1. The van der Waals surface area contributed by atoms with Crippen molar-refractivity contribution in [1.82, 2.24) is 15.3 Å². The molecular weight excluding hydrogens is 250 g/mol. The highest BCUT2D eigenvalue weighted by atomic mass is 16.1. The van der Waals surface area contributed by atoms with E-state index in [1.54, 1.807) is 18.6 Å². The predicted molar refractivity (Wildman–Crippen MR) is 78.8 cm³/mol. The van der Waals surface area contributed by atoms with Crippen molar-refractivity contribution < 1.29 is 4.79 Å². The Bertz CT molecular complexity index is 550. The lowest BCUT2D eigenvalue weighted by molar-refractivity contribution is -0.121. The van der Waals surface area contributed by atoms with Crippen LogP contribution in [0.2, 0.25) is 0 Å². The van der Waals surface area contributed by atoms with Gasteiger partial charge in [0.05, 0.1) is 5.69 Å². The monoisotopic (exact) mass is 269 g/mol. The molecule has 104 valence electrons. The van der Waals surface area contributed by atoms with Gasteiger partial charge in [0.1, 0.15) is 0 Å². The molecule has 0 radical (unpaired) electrons. The maximum Gasteiger partial charge on any atom is 0.220 e. The van der Waals surface area contributed by atoms with Crippen molar-refractivity contribution in [3.05, 3.63) is 48.4 Å². The summed E-state index contributed by atoms with van der Waals surface area (Å²) < 4.78 is 0. The van der Waals surface area contributed by atoms with Crippen molar-refractivity contribution in [2.75, 3.05) is 0 Å². The number of amides is 1. The fourth-order valence-electron chi connectivity index (χ4n) is 1.86. The Hall–Kier alpha value is -2.23. The van der Waals surface area contributed by atoms with Crippen LogP contribution in [0.1, 0.15) is 25.8 Å². The number of hydrogen-bond acceptors (Lipinski definition) is 3. The zero-order chi connectivity index (χ0) is 14.4. The zero-order valence-corrected chi connectivity index (χ0v) is 11.8. The number of carbonyl (C=O) groups is 1. The summed E-state index contributed by atoms with van der Waals surface area (Å²) in [7, 11) is 0. The Morgan fingerprint density at radius 1 is 1.25 bits per heavy atom. The first-order chi connectivity index (χ1) is 9.65. The molecule has 2 aromatic rings. The van der Waals surface area contributed by atoms with Crippen LogP contribution in [0.5, 0.6) is 0 Å². The normalized spacial score (nSPS) is 10.6. The second kappa shape index (κ2) is 6.80. The van der Waals surface area contributed by atoms with Crippen LogP contribution in [0.15, 0.2) is 42.9 Å². The molecule has 20 heavy (non-hydrogen) atoms. The zero-order valence-electron chi connectivity index (χ0n) is 11.8. The quantitative estimate of drug-likeness (QED) is 0.908. The van der Waals surface area contributed by atoms with Gasteiger partial charge < -0.3 is 5.32 Å². The summed E-state index contributed by atoms with van der Waals surface area (Å²) in [4.78, 5) is 20.0. The van der Waals surface area contributed by atoms with E-state index in [0.717, 1.165) is 16.8 Å². The van der Waals surface area contributed by atoms with E-state index in [2.05, 4.69) is 15.3 Å². The summed E-state index contributed by atoms with van der Waals surface area (Å²) in [5, 5.41) is 2.90. The van der Waals surface area contributed by atoms with Gasteiger partial charge in [0.15, 0.2) is 0 Å². The highest BCUT2D eigenvalue weighted by molar-refractivity contribution is 5.76. The van der Waals surface area contributed by atoms with E-state index >= 15 is 0 Å². The van der Waals surface area contributed by atoms with E-state index in [0.29, 0.717) is 18.9 Å². The van der Waals surface area contributed by atoms with Crippen LogP contribution in [-0.2, 0) is 11.3 Å². The molecule has 0 fully saturated rings. The van der Waals surface area contributed by atoms with Crippen molar-refractivity contribution in [2.45, 2.75) is 26.8 Å².